The smallest absolute Gasteiger partial charge is 0.357 e. The van der Waals surface area contributed by atoms with Crippen LogP contribution < -0.4 is 0 Å². The van der Waals surface area contributed by atoms with Crippen LogP contribution in [-0.4, -0.2) is 40.8 Å². The summed E-state index contributed by atoms with van der Waals surface area (Å²) in [4.78, 5) is 30.2. The SMILES string of the molecule is CCCN(Cc1nc(C(=O)OCC)cs1)C(=O)C(C)(C)CCl. The molecule has 0 spiro atoms. The first-order valence-corrected chi connectivity index (χ1v) is 8.74. The molecule has 0 bridgehead atoms. The van der Waals surface area contributed by atoms with E-state index in [0.29, 0.717) is 25.4 Å². The zero-order chi connectivity index (χ0) is 16.8. The van der Waals surface area contributed by atoms with E-state index in [4.69, 9.17) is 16.3 Å². The normalized spacial score (nSPS) is 11.3. The molecule has 0 unspecified atom stereocenters. The van der Waals surface area contributed by atoms with Gasteiger partial charge in [0.05, 0.1) is 18.6 Å². The van der Waals surface area contributed by atoms with Gasteiger partial charge >= 0.3 is 5.97 Å². The highest BCUT2D eigenvalue weighted by atomic mass is 35.5. The van der Waals surface area contributed by atoms with Crippen molar-refractivity contribution in [2.45, 2.75) is 40.7 Å². The number of ether oxygens (including phenoxy) is 1. The molecule has 0 radical (unpaired) electrons. The minimum Gasteiger partial charge on any atom is -0.461 e. The van der Waals surface area contributed by atoms with Crippen LogP contribution in [0.1, 0.15) is 49.6 Å². The van der Waals surface area contributed by atoms with Crippen LogP contribution in [0, 0.1) is 5.41 Å². The van der Waals surface area contributed by atoms with Crippen molar-refractivity contribution in [1.29, 1.82) is 0 Å². The average Bonchev–Trinajstić information content (AvgIpc) is 2.95. The predicted octanol–water partition coefficient (Wildman–Crippen LogP) is 3.32. The molecule has 1 aromatic heterocycles. The summed E-state index contributed by atoms with van der Waals surface area (Å²) in [5.41, 5.74) is -0.319. The highest BCUT2D eigenvalue weighted by molar-refractivity contribution is 7.09. The number of nitrogens with zero attached hydrogens (tertiary/aromatic N) is 2. The maximum atomic E-state index is 12.6. The second-order valence-corrected chi connectivity index (χ2v) is 6.80. The Morgan fingerprint density at radius 2 is 2.09 bits per heavy atom. The summed E-state index contributed by atoms with van der Waals surface area (Å²) in [5.74, 6) is -0.172. The van der Waals surface area contributed by atoms with Crippen molar-refractivity contribution in [1.82, 2.24) is 9.88 Å². The van der Waals surface area contributed by atoms with E-state index < -0.39 is 11.4 Å². The number of esters is 1. The van der Waals surface area contributed by atoms with Gasteiger partial charge < -0.3 is 9.64 Å². The molecule has 0 aliphatic carbocycles. The van der Waals surface area contributed by atoms with Crippen molar-refractivity contribution in [2.75, 3.05) is 19.0 Å². The lowest BCUT2D eigenvalue weighted by Gasteiger charge is -2.29. The van der Waals surface area contributed by atoms with Gasteiger partial charge in [-0.25, -0.2) is 9.78 Å². The van der Waals surface area contributed by atoms with Crippen LogP contribution in [-0.2, 0) is 16.1 Å². The Balaban J connectivity index is 2.84. The first-order chi connectivity index (χ1) is 10.4. The van der Waals surface area contributed by atoms with E-state index in [-0.39, 0.29) is 11.8 Å². The standard InChI is InChI=1S/C15H23ClN2O3S/c1-5-7-18(14(20)15(3,4)10-16)8-12-17-11(9-22-12)13(19)21-6-2/h9H,5-8,10H2,1-4H3. The van der Waals surface area contributed by atoms with Crippen LogP contribution in [0.2, 0.25) is 0 Å². The van der Waals surface area contributed by atoms with Gasteiger partial charge in [0.15, 0.2) is 5.69 Å². The Morgan fingerprint density at radius 1 is 1.41 bits per heavy atom. The molecule has 0 saturated carbocycles. The van der Waals surface area contributed by atoms with Crippen LogP contribution in [0.4, 0.5) is 0 Å². The third kappa shape index (κ3) is 4.95. The zero-order valence-electron chi connectivity index (χ0n) is 13.5. The molecule has 1 amide bonds. The molecule has 7 heteroatoms. The Morgan fingerprint density at radius 3 is 2.64 bits per heavy atom. The van der Waals surface area contributed by atoms with Crippen LogP contribution >= 0.6 is 22.9 Å². The molecule has 1 rings (SSSR count). The highest BCUT2D eigenvalue weighted by Crippen LogP contribution is 2.23. The van der Waals surface area contributed by atoms with E-state index >= 15 is 0 Å². The largest absolute Gasteiger partial charge is 0.461 e. The summed E-state index contributed by atoms with van der Waals surface area (Å²) in [5, 5.41) is 2.38. The second kappa shape index (κ2) is 8.48. The Hall–Kier alpha value is -1.14. The minimum absolute atomic E-state index is 0.00256. The summed E-state index contributed by atoms with van der Waals surface area (Å²) in [6, 6.07) is 0. The van der Waals surface area contributed by atoms with Gasteiger partial charge in [0, 0.05) is 17.8 Å². The number of thiazole rings is 1. The molecule has 0 N–H and O–H groups in total. The molecular weight excluding hydrogens is 324 g/mol. The lowest BCUT2D eigenvalue weighted by atomic mass is 9.94. The molecule has 0 aliphatic rings. The minimum atomic E-state index is -0.613. The molecule has 5 nitrogen and oxygen atoms in total. The van der Waals surface area contributed by atoms with E-state index in [0.717, 1.165) is 11.4 Å². The van der Waals surface area contributed by atoms with E-state index in [1.807, 2.05) is 20.8 Å². The Bertz CT molecular complexity index is 517. The van der Waals surface area contributed by atoms with Crippen LogP contribution in [0.3, 0.4) is 0 Å². The highest BCUT2D eigenvalue weighted by Gasteiger charge is 2.31. The van der Waals surface area contributed by atoms with Crippen molar-refractivity contribution in [3.8, 4) is 0 Å². The van der Waals surface area contributed by atoms with Crippen molar-refractivity contribution in [3.05, 3.63) is 16.1 Å². The maximum Gasteiger partial charge on any atom is 0.357 e. The molecule has 0 aromatic carbocycles. The summed E-state index contributed by atoms with van der Waals surface area (Å²) >= 11 is 7.25. The van der Waals surface area contributed by atoms with Gasteiger partial charge in [0.2, 0.25) is 5.91 Å². The summed E-state index contributed by atoms with van der Waals surface area (Å²) < 4.78 is 4.92. The van der Waals surface area contributed by atoms with Crippen LogP contribution in [0.5, 0.6) is 0 Å². The first kappa shape index (κ1) is 18.9. The number of rotatable bonds is 8. The number of carbonyl (C=O) groups excluding carboxylic acids is 2. The van der Waals surface area contributed by atoms with Gasteiger partial charge in [0.25, 0.3) is 0 Å². The summed E-state index contributed by atoms with van der Waals surface area (Å²) in [6.45, 7) is 8.76. The first-order valence-electron chi connectivity index (χ1n) is 7.32. The number of aromatic nitrogens is 1. The summed E-state index contributed by atoms with van der Waals surface area (Å²) in [7, 11) is 0. The molecule has 1 heterocycles. The van der Waals surface area contributed by atoms with E-state index in [1.54, 1.807) is 17.2 Å². The second-order valence-electron chi connectivity index (χ2n) is 5.59. The number of halogens is 1. The molecule has 0 saturated heterocycles. The lowest BCUT2D eigenvalue weighted by molar-refractivity contribution is -0.139. The summed E-state index contributed by atoms with van der Waals surface area (Å²) in [6.07, 6.45) is 0.847. The zero-order valence-corrected chi connectivity index (χ0v) is 15.1. The van der Waals surface area contributed by atoms with Crippen LogP contribution in [0.15, 0.2) is 5.38 Å². The topological polar surface area (TPSA) is 59.5 Å². The molecule has 0 fully saturated rings. The van der Waals surface area contributed by atoms with Gasteiger partial charge in [0.1, 0.15) is 5.01 Å². The van der Waals surface area contributed by atoms with Gasteiger partial charge in [-0.1, -0.05) is 6.92 Å². The number of amides is 1. The molecule has 1 aromatic rings. The molecule has 124 valence electrons. The number of alkyl halides is 1. The fraction of sp³-hybridized carbons (Fsp3) is 0.667. The van der Waals surface area contributed by atoms with Gasteiger partial charge in [-0.3, -0.25) is 4.79 Å². The number of hydrogen-bond donors (Lipinski definition) is 0. The van der Waals surface area contributed by atoms with Gasteiger partial charge in [-0.2, -0.15) is 0 Å². The van der Waals surface area contributed by atoms with Crippen molar-refractivity contribution < 1.29 is 14.3 Å². The predicted molar refractivity (Wildman–Crippen MR) is 88.3 cm³/mol. The Kier molecular flexibility index (Phi) is 7.29. The molecule has 0 aliphatic heterocycles. The average molecular weight is 347 g/mol. The van der Waals surface area contributed by atoms with E-state index in [2.05, 4.69) is 4.98 Å². The monoisotopic (exact) mass is 346 g/mol. The maximum absolute atomic E-state index is 12.6. The fourth-order valence-corrected chi connectivity index (χ4v) is 2.75. The van der Waals surface area contributed by atoms with E-state index in [9.17, 15) is 9.59 Å². The lowest BCUT2D eigenvalue weighted by Crippen LogP contribution is -2.42. The third-order valence-electron chi connectivity index (χ3n) is 3.06. The fourth-order valence-electron chi connectivity index (χ4n) is 1.85. The third-order valence-corrected chi connectivity index (χ3v) is 4.56. The number of carbonyl (C=O) groups is 2. The van der Waals surface area contributed by atoms with Crippen molar-refractivity contribution >= 4 is 34.8 Å². The molecular formula is C15H23ClN2O3S. The molecule has 0 atom stereocenters. The van der Waals surface area contributed by atoms with Gasteiger partial charge in [-0.15, -0.1) is 22.9 Å². The van der Waals surface area contributed by atoms with Gasteiger partial charge in [-0.05, 0) is 27.2 Å². The molecule has 22 heavy (non-hydrogen) atoms. The quantitative estimate of drug-likeness (QED) is 0.535. The van der Waals surface area contributed by atoms with Crippen molar-refractivity contribution in [3.63, 3.8) is 0 Å². The van der Waals surface area contributed by atoms with Crippen LogP contribution in [0.25, 0.3) is 0 Å². The van der Waals surface area contributed by atoms with E-state index in [1.165, 1.54) is 11.3 Å². The number of hydrogen-bond acceptors (Lipinski definition) is 5. The van der Waals surface area contributed by atoms with Crippen molar-refractivity contribution in [2.24, 2.45) is 5.41 Å². The Labute approximate surface area is 140 Å².